The van der Waals surface area contributed by atoms with Gasteiger partial charge in [0.15, 0.2) is 0 Å². The predicted molar refractivity (Wildman–Crippen MR) is 41.6 cm³/mol. The Kier molecular flexibility index (Phi) is 4.20. The Bertz CT molecular complexity index is 203. The Morgan fingerprint density at radius 3 is 2.67 bits per heavy atom. The molecule has 0 aliphatic carbocycles. The molecule has 0 fully saturated rings. The summed E-state index contributed by atoms with van der Waals surface area (Å²) in [5.74, 6) is 0. The van der Waals surface area contributed by atoms with Crippen LogP contribution >= 0.6 is 0 Å². The van der Waals surface area contributed by atoms with Gasteiger partial charge in [0, 0.05) is 6.54 Å². The molecule has 0 heterocycles. The number of carbonyl (C=O) groups is 2. The molecule has 0 aromatic heterocycles. The van der Waals surface area contributed by atoms with Gasteiger partial charge in [-0.05, 0) is 6.92 Å². The fraction of sp³-hybridized carbons (Fsp3) is 0.400. The minimum Gasteiger partial charge on any atom is -0.465 e. The molecule has 0 saturated heterocycles. The van der Waals surface area contributed by atoms with Crippen molar-refractivity contribution < 1.29 is 14.7 Å². The molecule has 0 atom stereocenters. The van der Waals surface area contributed by atoms with Crippen molar-refractivity contribution in [2.45, 2.75) is 6.92 Å². The lowest BCUT2D eigenvalue weighted by Gasteiger charge is -2.08. The van der Waals surface area contributed by atoms with Gasteiger partial charge in [-0.2, -0.15) is 5.10 Å². The van der Waals surface area contributed by atoms with Gasteiger partial charge < -0.3 is 10.8 Å². The summed E-state index contributed by atoms with van der Waals surface area (Å²) in [7, 11) is 0. The van der Waals surface area contributed by atoms with E-state index in [1.807, 2.05) is 5.43 Å². The fourth-order valence-electron chi connectivity index (χ4n) is 0.428. The highest BCUT2D eigenvalue weighted by Crippen LogP contribution is 1.82. The summed E-state index contributed by atoms with van der Waals surface area (Å²) in [5, 5.41) is 11.7. The molecule has 0 aliphatic rings. The largest absolute Gasteiger partial charge is 0.465 e. The Balaban J connectivity index is 3.93. The summed E-state index contributed by atoms with van der Waals surface area (Å²) >= 11 is 0. The number of primary amides is 1. The van der Waals surface area contributed by atoms with E-state index in [0.29, 0.717) is 0 Å². The molecular formula is C5H10N4O3. The number of urea groups is 1. The number of hydrogen-bond acceptors (Lipinski definition) is 3. The third-order valence-corrected chi connectivity index (χ3v) is 0.958. The smallest absolute Gasteiger partial charge is 0.412 e. The molecule has 7 nitrogen and oxygen atoms in total. The van der Waals surface area contributed by atoms with Gasteiger partial charge in [-0.25, -0.2) is 15.0 Å². The molecule has 68 valence electrons. The Hall–Kier alpha value is -1.79. The second-order valence-corrected chi connectivity index (χ2v) is 1.79. The SMILES string of the molecule is CCN(/C=N\NC(N)=O)C(=O)O. The number of rotatable bonds is 3. The highest BCUT2D eigenvalue weighted by atomic mass is 16.4. The van der Waals surface area contributed by atoms with Crippen molar-refractivity contribution in [1.29, 1.82) is 0 Å². The Morgan fingerprint density at radius 2 is 2.33 bits per heavy atom. The Labute approximate surface area is 68.8 Å². The lowest BCUT2D eigenvalue weighted by molar-refractivity contribution is 0.172. The molecule has 0 radical (unpaired) electrons. The van der Waals surface area contributed by atoms with Crippen LogP contribution < -0.4 is 11.2 Å². The molecule has 7 heteroatoms. The monoisotopic (exact) mass is 174 g/mol. The van der Waals surface area contributed by atoms with Crippen LogP contribution in [0.1, 0.15) is 6.92 Å². The van der Waals surface area contributed by atoms with Crippen LogP contribution in [0.2, 0.25) is 0 Å². The number of hydrogen-bond donors (Lipinski definition) is 3. The molecule has 0 rings (SSSR count). The third-order valence-electron chi connectivity index (χ3n) is 0.958. The summed E-state index contributed by atoms with van der Waals surface area (Å²) in [4.78, 5) is 21.3. The van der Waals surface area contributed by atoms with E-state index in [2.05, 4.69) is 10.8 Å². The number of carbonyl (C=O) groups excluding carboxylic acids is 1. The average molecular weight is 174 g/mol. The normalized spacial score (nSPS) is 9.75. The van der Waals surface area contributed by atoms with Crippen molar-refractivity contribution in [3.63, 3.8) is 0 Å². The number of nitrogens with two attached hydrogens (primary N) is 1. The highest BCUT2D eigenvalue weighted by molar-refractivity contribution is 5.81. The third kappa shape index (κ3) is 4.09. The van der Waals surface area contributed by atoms with Gasteiger partial charge in [0.2, 0.25) is 0 Å². The molecule has 0 saturated carbocycles. The number of carboxylic acid groups (broad SMARTS) is 1. The lowest BCUT2D eigenvalue weighted by atomic mass is 10.6. The zero-order chi connectivity index (χ0) is 9.56. The van der Waals surface area contributed by atoms with Crippen LogP contribution in [0.3, 0.4) is 0 Å². The zero-order valence-electron chi connectivity index (χ0n) is 6.52. The molecule has 0 bridgehead atoms. The summed E-state index contributed by atoms with van der Waals surface area (Å²) < 4.78 is 0. The van der Waals surface area contributed by atoms with Crippen LogP contribution in [0.15, 0.2) is 5.10 Å². The van der Waals surface area contributed by atoms with Gasteiger partial charge in [0.1, 0.15) is 6.34 Å². The molecular weight excluding hydrogens is 164 g/mol. The van der Waals surface area contributed by atoms with Crippen molar-refractivity contribution >= 4 is 18.5 Å². The maximum atomic E-state index is 10.3. The molecule has 4 N–H and O–H groups in total. The van der Waals surface area contributed by atoms with Crippen LogP contribution in [0, 0.1) is 0 Å². The minimum atomic E-state index is -1.15. The van der Waals surface area contributed by atoms with E-state index in [4.69, 9.17) is 5.11 Å². The van der Waals surface area contributed by atoms with Gasteiger partial charge in [-0.3, -0.25) is 4.90 Å². The number of nitrogens with zero attached hydrogens (tertiary/aromatic N) is 2. The average Bonchev–Trinajstić information content (AvgIpc) is 1.96. The van der Waals surface area contributed by atoms with Crippen LogP contribution in [-0.4, -0.2) is 35.0 Å². The van der Waals surface area contributed by atoms with Crippen LogP contribution in [0.25, 0.3) is 0 Å². The first-order valence-corrected chi connectivity index (χ1v) is 3.16. The van der Waals surface area contributed by atoms with Crippen molar-refractivity contribution in [2.24, 2.45) is 10.8 Å². The number of nitrogens with one attached hydrogen (secondary N) is 1. The second-order valence-electron chi connectivity index (χ2n) is 1.79. The summed E-state index contributed by atoms with van der Waals surface area (Å²) in [6.45, 7) is 1.88. The summed E-state index contributed by atoms with van der Waals surface area (Å²) in [6, 6.07) is -0.840. The number of amides is 3. The Morgan fingerprint density at radius 1 is 1.75 bits per heavy atom. The van der Waals surface area contributed by atoms with Crippen molar-refractivity contribution in [1.82, 2.24) is 10.3 Å². The standard InChI is InChI=1S/C5H10N4O3/c1-2-9(5(11)12)3-7-8-4(6)10/h3H,2H2,1H3,(H,11,12)(H3,6,8,10)/b7-3-. The first-order valence-electron chi connectivity index (χ1n) is 3.16. The van der Waals surface area contributed by atoms with Crippen LogP contribution in [-0.2, 0) is 0 Å². The molecule has 0 aromatic carbocycles. The summed E-state index contributed by atoms with van der Waals surface area (Å²) in [6.07, 6.45) is -0.180. The van der Waals surface area contributed by atoms with E-state index in [1.165, 1.54) is 0 Å². The zero-order valence-corrected chi connectivity index (χ0v) is 6.52. The van der Waals surface area contributed by atoms with E-state index >= 15 is 0 Å². The molecule has 12 heavy (non-hydrogen) atoms. The van der Waals surface area contributed by atoms with Gasteiger partial charge >= 0.3 is 12.1 Å². The van der Waals surface area contributed by atoms with E-state index in [9.17, 15) is 9.59 Å². The van der Waals surface area contributed by atoms with Gasteiger partial charge in [-0.1, -0.05) is 0 Å². The van der Waals surface area contributed by atoms with Crippen molar-refractivity contribution in [3.05, 3.63) is 0 Å². The van der Waals surface area contributed by atoms with Crippen LogP contribution in [0.5, 0.6) is 0 Å². The minimum absolute atomic E-state index is 0.249. The lowest BCUT2D eigenvalue weighted by Crippen LogP contribution is -2.31. The highest BCUT2D eigenvalue weighted by Gasteiger charge is 2.04. The topological polar surface area (TPSA) is 108 Å². The molecule has 0 aromatic rings. The molecule has 3 amide bonds. The fourth-order valence-corrected chi connectivity index (χ4v) is 0.428. The first-order chi connectivity index (χ1) is 5.57. The van der Waals surface area contributed by atoms with Crippen molar-refractivity contribution in [2.75, 3.05) is 6.54 Å². The van der Waals surface area contributed by atoms with Crippen LogP contribution in [0.4, 0.5) is 9.59 Å². The summed E-state index contributed by atoms with van der Waals surface area (Å²) in [5.41, 5.74) is 6.53. The maximum Gasteiger partial charge on any atom is 0.412 e. The molecule has 0 aliphatic heterocycles. The van der Waals surface area contributed by atoms with E-state index in [1.54, 1.807) is 6.92 Å². The molecule has 0 spiro atoms. The van der Waals surface area contributed by atoms with Gasteiger partial charge in [0.05, 0.1) is 0 Å². The van der Waals surface area contributed by atoms with E-state index in [0.717, 1.165) is 11.2 Å². The maximum absolute atomic E-state index is 10.3. The first kappa shape index (κ1) is 10.2. The molecule has 0 unspecified atom stereocenters. The van der Waals surface area contributed by atoms with E-state index in [-0.39, 0.29) is 6.54 Å². The van der Waals surface area contributed by atoms with Gasteiger partial charge in [0.25, 0.3) is 0 Å². The second kappa shape index (κ2) is 4.94. The predicted octanol–water partition coefficient (Wildman–Crippen LogP) is -0.402. The number of hydrazone groups is 1. The van der Waals surface area contributed by atoms with E-state index < -0.39 is 12.1 Å². The van der Waals surface area contributed by atoms with Gasteiger partial charge in [-0.15, -0.1) is 0 Å². The van der Waals surface area contributed by atoms with Crippen molar-refractivity contribution in [3.8, 4) is 0 Å². The quantitative estimate of drug-likeness (QED) is 0.307.